The van der Waals surface area contributed by atoms with E-state index in [0.717, 1.165) is 32.8 Å². The number of thiazole rings is 1. The van der Waals surface area contributed by atoms with E-state index in [1.165, 1.54) is 11.3 Å². The predicted molar refractivity (Wildman–Crippen MR) is 123 cm³/mol. The molecule has 0 aliphatic rings. The average molecular weight is 438 g/mol. The number of hydrogen-bond acceptors (Lipinski definition) is 7. The van der Waals surface area contributed by atoms with E-state index in [1.807, 2.05) is 50.2 Å². The monoisotopic (exact) mass is 437 g/mol. The number of benzene rings is 2. The van der Waals surface area contributed by atoms with Crippen LogP contribution in [0.4, 0.5) is 11.1 Å². The van der Waals surface area contributed by atoms with Crippen LogP contribution in [0.1, 0.15) is 19.4 Å². The molecule has 4 N–H and O–H groups in total. The molecule has 0 saturated carbocycles. The molecule has 1 amide bonds. The van der Waals surface area contributed by atoms with Crippen LogP contribution in [0.15, 0.2) is 42.6 Å². The number of hydrogen-bond donors (Lipinski definition) is 3. The number of H-pyrrole nitrogens is 1. The van der Waals surface area contributed by atoms with E-state index in [9.17, 15) is 4.79 Å². The van der Waals surface area contributed by atoms with Crippen molar-refractivity contribution in [2.75, 3.05) is 24.3 Å². The summed E-state index contributed by atoms with van der Waals surface area (Å²) in [6.45, 7) is 4.96. The van der Waals surface area contributed by atoms with E-state index >= 15 is 0 Å². The number of aromatic amines is 1. The molecule has 31 heavy (non-hydrogen) atoms. The number of nitrogens with two attached hydrogens (primary N) is 1. The summed E-state index contributed by atoms with van der Waals surface area (Å²) in [4.78, 5) is 24.2. The van der Waals surface area contributed by atoms with Gasteiger partial charge >= 0.3 is 0 Å². The van der Waals surface area contributed by atoms with Gasteiger partial charge in [-0.3, -0.25) is 10.1 Å². The summed E-state index contributed by atoms with van der Waals surface area (Å²) in [5.41, 5.74) is 9.04. The van der Waals surface area contributed by atoms with Crippen LogP contribution >= 0.6 is 11.3 Å². The van der Waals surface area contributed by atoms with Crippen LogP contribution in [0, 0.1) is 0 Å². The number of amides is 1. The highest BCUT2D eigenvalue weighted by molar-refractivity contribution is 7.22. The van der Waals surface area contributed by atoms with Gasteiger partial charge in [0.1, 0.15) is 11.5 Å². The first-order valence-electron chi connectivity index (χ1n) is 9.95. The van der Waals surface area contributed by atoms with Gasteiger partial charge in [-0.15, -0.1) is 0 Å². The molecule has 0 saturated heterocycles. The Morgan fingerprint density at radius 2 is 2.00 bits per heavy atom. The fourth-order valence-electron chi connectivity index (χ4n) is 3.24. The smallest absolute Gasteiger partial charge is 0.231 e. The van der Waals surface area contributed by atoms with Gasteiger partial charge in [-0.2, -0.15) is 0 Å². The minimum absolute atomic E-state index is 0.172. The van der Waals surface area contributed by atoms with Crippen molar-refractivity contribution in [2.24, 2.45) is 0 Å². The summed E-state index contributed by atoms with van der Waals surface area (Å²) in [5, 5.41) is 3.32. The topological polar surface area (TPSA) is 115 Å². The largest absolute Gasteiger partial charge is 0.494 e. The Kier molecular flexibility index (Phi) is 6.03. The molecular formula is C22H23N5O3S. The van der Waals surface area contributed by atoms with Crippen LogP contribution in [0.3, 0.4) is 0 Å². The summed E-state index contributed by atoms with van der Waals surface area (Å²) in [6.07, 6.45) is 1.89. The lowest BCUT2D eigenvalue weighted by molar-refractivity contribution is -0.115. The summed E-state index contributed by atoms with van der Waals surface area (Å²) in [6, 6.07) is 11.3. The van der Waals surface area contributed by atoms with E-state index < -0.39 is 0 Å². The molecule has 0 bridgehead atoms. The molecule has 2 heterocycles. The molecule has 2 aromatic carbocycles. The van der Waals surface area contributed by atoms with Gasteiger partial charge < -0.3 is 20.2 Å². The van der Waals surface area contributed by atoms with Gasteiger partial charge in [-0.05, 0) is 43.7 Å². The molecule has 0 radical (unpaired) electrons. The minimum Gasteiger partial charge on any atom is -0.494 e. The Hall–Kier alpha value is -3.59. The van der Waals surface area contributed by atoms with Crippen molar-refractivity contribution in [1.29, 1.82) is 0 Å². The number of aromatic nitrogens is 3. The molecule has 0 atom stereocenters. The highest BCUT2D eigenvalue weighted by Gasteiger charge is 2.13. The van der Waals surface area contributed by atoms with Crippen molar-refractivity contribution in [2.45, 2.75) is 20.3 Å². The molecule has 8 nitrogen and oxygen atoms in total. The highest BCUT2D eigenvalue weighted by atomic mass is 32.1. The maximum atomic E-state index is 12.5. The zero-order valence-electron chi connectivity index (χ0n) is 17.3. The maximum Gasteiger partial charge on any atom is 0.231 e. The van der Waals surface area contributed by atoms with Crippen LogP contribution in [-0.4, -0.2) is 34.1 Å². The molecule has 9 heteroatoms. The van der Waals surface area contributed by atoms with E-state index in [-0.39, 0.29) is 12.3 Å². The molecule has 160 valence electrons. The Bertz CT molecular complexity index is 1220. The molecule has 4 rings (SSSR count). The Balaban J connectivity index is 1.47. The zero-order chi connectivity index (χ0) is 21.8. The van der Waals surface area contributed by atoms with Gasteiger partial charge in [0.05, 0.1) is 41.7 Å². The third-order valence-electron chi connectivity index (χ3n) is 4.52. The number of imidazole rings is 1. The van der Waals surface area contributed by atoms with Gasteiger partial charge in [-0.25, -0.2) is 9.97 Å². The second-order valence-electron chi connectivity index (χ2n) is 6.75. The van der Waals surface area contributed by atoms with Crippen LogP contribution in [0.5, 0.6) is 11.5 Å². The van der Waals surface area contributed by atoms with Gasteiger partial charge in [0, 0.05) is 11.6 Å². The Labute approximate surface area is 183 Å². The first kappa shape index (κ1) is 20.7. The number of fused-ring (bicyclic) bond motifs is 1. The molecule has 0 aliphatic heterocycles. The lowest BCUT2D eigenvalue weighted by atomic mass is 10.1. The van der Waals surface area contributed by atoms with E-state index in [0.29, 0.717) is 30.0 Å². The lowest BCUT2D eigenvalue weighted by Crippen LogP contribution is -2.15. The summed E-state index contributed by atoms with van der Waals surface area (Å²) in [5.74, 6) is 1.63. The molecule has 0 spiro atoms. The molecule has 0 aliphatic carbocycles. The van der Waals surface area contributed by atoms with Crippen LogP contribution in [-0.2, 0) is 11.2 Å². The first-order valence-corrected chi connectivity index (χ1v) is 10.8. The second kappa shape index (κ2) is 9.05. The number of nitrogen functional groups attached to an aromatic ring is 1. The standard InChI is InChI=1S/C22H23N5O3S/c1-3-29-14-6-7-15(18(11-14)30-4-2)17-12-24-22(26-17)27-20(28)10-13-5-8-16-19(9-13)31-21(23)25-16/h5-9,11-12H,3-4,10H2,1-2H3,(H2,23,25)(H2,24,26,27,28). The number of nitrogens with one attached hydrogen (secondary N) is 2. The Morgan fingerprint density at radius 3 is 2.81 bits per heavy atom. The number of nitrogens with zero attached hydrogens (tertiary/aromatic N) is 2. The van der Waals surface area contributed by atoms with Gasteiger partial charge in [0.15, 0.2) is 5.13 Å². The quantitative estimate of drug-likeness (QED) is 0.380. The number of carbonyl (C=O) groups excluding carboxylic acids is 1. The number of ether oxygens (including phenoxy) is 2. The zero-order valence-corrected chi connectivity index (χ0v) is 18.1. The van der Waals surface area contributed by atoms with E-state index in [2.05, 4.69) is 20.3 Å². The van der Waals surface area contributed by atoms with Crippen molar-refractivity contribution in [3.05, 3.63) is 48.2 Å². The van der Waals surface area contributed by atoms with Gasteiger partial charge in [-0.1, -0.05) is 17.4 Å². The van der Waals surface area contributed by atoms with Crippen LogP contribution < -0.4 is 20.5 Å². The van der Waals surface area contributed by atoms with Crippen molar-refractivity contribution < 1.29 is 14.3 Å². The van der Waals surface area contributed by atoms with Crippen molar-refractivity contribution in [1.82, 2.24) is 15.0 Å². The SMILES string of the molecule is CCOc1ccc(-c2cnc(NC(=O)Cc3ccc4nc(N)sc4c3)[nH]2)c(OCC)c1. The predicted octanol–water partition coefficient (Wildman–Crippen LogP) is 4.25. The fraction of sp³-hybridized carbons (Fsp3) is 0.227. The third-order valence-corrected chi connectivity index (χ3v) is 5.37. The third kappa shape index (κ3) is 4.77. The number of anilines is 2. The first-order chi connectivity index (χ1) is 15.1. The molecule has 2 aromatic heterocycles. The van der Waals surface area contributed by atoms with Crippen LogP contribution in [0.2, 0.25) is 0 Å². The minimum atomic E-state index is -0.172. The number of carbonyl (C=O) groups is 1. The Morgan fingerprint density at radius 1 is 1.16 bits per heavy atom. The van der Waals surface area contributed by atoms with Crippen LogP contribution in [0.25, 0.3) is 21.5 Å². The molecule has 0 fully saturated rings. The summed E-state index contributed by atoms with van der Waals surface area (Å²) < 4.78 is 12.3. The van der Waals surface area contributed by atoms with E-state index in [4.69, 9.17) is 15.2 Å². The van der Waals surface area contributed by atoms with Crippen molar-refractivity contribution >= 4 is 38.5 Å². The van der Waals surface area contributed by atoms with Crippen molar-refractivity contribution in [3.8, 4) is 22.8 Å². The summed E-state index contributed by atoms with van der Waals surface area (Å²) >= 11 is 1.40. The second-order valence-corrected chi connectivity index (χ2v) is 7.81. The van der Waals surface area contributed by atoms with Crippen molar-refractivity contribution in [3.63, 3.8) is 0 Å². The molecule has 4 aromatic rings. The maximum absolute atomic E-state index is 12.5. The van der Waals surface area contributed by atoms with Gasteiger partial charge in [0.25, 0.3) is 0 Å². The van der Waals surface area contributed by atoms with Gasteiger partial charge in [0.2, 0.25) is 11.9 Å². The molecule has 0 unspecified atom stereocenters. The normalized spacial score (nSPS) is 10.9. The lowest BCUT2D eigenvalue weighted by Gasteiger charge is -2.11. The number of rotatable bonds is 8. The molecular weight excluding hydrogens is 414 g/mol. The summed E-state index contributed by atoms with van der Waals surface area (Å²) in [7, 11) is 0. The highest BCUT2D eigenvalue weighted by Crippen LogP contribution is 2.33. The average Bonchev–Trinajstić information content (AvgIpc) is 3.34. The van der Waals surface area contributed by atoms with E-state index in [1.54, 1.807) is 6.20 Å². The fourth-order valence-corrected chi connectivity index (χ4v) is 4.03.